The summed E-state index contributed by atoms with van der Waals surface area (Å²) < 4.78 is 18.2. The van der Waals surface area contributed by atoms with Gasteiger partial charge in [0.25, 0.3) is 0 Å². The third-order valence-electron chi connectivity index (χ3n) is 5.29. The first kappa shape index (κ1) is 20.1. The van der Waals surface area contributed by atoms with Crippen molar-refractivity contribution in [3.8, 4) is 5.75 Å². The van der Waals surface area contributed by atoms with Crippen LogP contribution in [0.4, 0.5) is 10.1 Å². The van der Waals surface area contributed by atoms with E-state index in [-0.39, 0.29) is 17.8 Å². The normalized spacial score (nSPS) is 15.9. The Labute approximate surface area is 166 Å². The number of ether oxygens (including phenoxy) is 1. The summed E-state index contributed by atoms with van der Waals surface area (Å²) in [7, 11) is 1.67. The van der Waals surface area contributed by atoms with Crippen LogP contribution in [0, 0.1) is 5.82 Å². The molecule has 1 amide bonds. The molecule has 0 bridgehead atoms. The SMILES string of the molecule is COc1cccc(N2CCN([C@H](C)C(=O)NCCc3ccc(F)cc3)CC2)c1. The van der Waals surface area contributed by atoms with Gasteiger partial charge in [-0.25, -0.2) is 4.39 Å². The largest absolute Gasteiger partial charge is 0.497 e. The molecule has 0 saturated carbocycles. The lowest BCUT2D eigenvalue weighted by atomic mass is 10.1. The van der Waals surface area contributed by atoms with Gasteiger partial charge in [-0.2, -0.15) is 0 Å². The Balaban J connectivity index is 1.44. The van der Waals surface area contributed by atoms with Gasteiger partial charge in [-0.3, -0.25) is 9.69 Å². The van der Waals surface area contributed by atoms with Crippen LogP contribution < -0.4 is 15.0 Å². The van der Waals surface area contributed by atoms with Gasteiger partial charge in [0.05, 0.1) is 13.2 Å². The van der Waals surface area contributed by atoms with Gasteiger partial charge in [0, 0.05) is 44.5 Å². The van der Waals surface area contributed by atoms with Crippen molar-refractivity contribution in [1.29, 1.82) is 0 Å². The fourth-order valence-electron chi connectivity index (χ4n) is 3.47. The zero-order valence-corrected chi connectivity index (χ0v) is 16.5. The minimum atomic E-state index is -0.241. The van der Waals surface area contributed by atoms with Gasteiger partial charge < -0.3 is 15.0 Å². The molecule has 1 saturated heterocycles. The second-order valence-electron chi connectivity index (χ2n) is 7.07. The average molecular weight is 385 g/mol. The molecular weight excluding hydrogens is 357 g/mol. The minimum Gasteiger partial charge on any atom is -0.497 e. The molecule has 1 aliphatic rings. The van der Waals surface area contributed by atoms with E-state index in [2.05, 4.69) is 21.2 Å². The Morgan fingerprint density at radius 1 is 1.14 bits per heavy atom. The van der Waals surface area contributed by atoms with Crippen LogP contribution in [0.3, 0.4) is 0 Å². The van der Waals surface area contributed by atoms with Crippen molar-refractivity contribution in [3.05, 3.63) is 59.9 Å². The van der Waals surface area contributed by atoms with Gasteiger partial charge in [-0.15, -0.1) is 0 Å². The fraction of sp³-hybridized carbons (Fsp3) is 0.409. The Morgan fingerprint density at radius 2 is 1.86 bits per heavy atom. The van der Waals surface area contributed by atoms with Gasteiger partial charge in [0.2, 0.25) is 5.91 Å². The molecule has 3 rings (SSSR count). The number of hydrogen-bond donors (Lipinski definition) is 1. The molecule has 150 valence electrons. The number of halogens is 1. The first-order valence-corrected chi connectivity index (χ1v) is 9.72. The third kappa shape index (κ3) is 5.23. The van der Waals surface area contributed by atoms with E-state index in [9.17, 15) is 9.18 Å². The molecule has 1 aliphatic heterocycles. The zero-order valence-electron chi connectivity index (χ0n) is 16.5. The van der Waals surface area contributed by atoms with E-state index in [0.717, 1.165) is 43.2 Å². The fourth-order valence-corrected chi connectivity index (χ4v) is 3.47. The number of carbonyl (C=O) groups is 1. The molecule has 2 aromatic rings. The van der Waals surface area contributed by atoms with Gasteiger partial charge in [-0.1, -0.05) is 18.2 Å². The molecule has 0 spiro atoms. The summed E-state index contributed by atoms with van der Waals surface area (Å²) in [5.41, 5.74) is 2.16. The highest BCUT2D eigenvalue weighted by Gasteiger charge is 2.25. The van der Waals surface area contributed by atoms with Gasteiger partial charge in [0.1, 0.15) is 11.6 Å². The summed E-state index contributed by atoms with van der Waals surface area (Å²) in [6.45, 7) is 5.93. The molecule has 2 aromatic carbocycles. The summed E-state index contributed by atoms with van der Waals surface area (Å²) in [5, 5.41) is 3.00. The smallest absolute Gasteiger partial charge is 0.237 e. The Kier molecular flexibility index (Phi) is 6.87. The average Bonchev–Trinajstić information content (AvgIpc) is 2.74. The zero-order chi connectivity index (χ0) is 19.9. The number of benzene rings is 2. The van der Waals surface area contributed by atoms with E-state index >= 15 is 0 Å². The van der Waals surface area contributed by atoms with Crippen molar-refractivity contribution in [3.63, 3.8) is 0 Å². The summed E-state index contributed by atoms with van der Waals surface area (Å²) in [4.78, 5) is 17.0. The van der Waals surface area contributed by atoms with Gasteiger partial charge >= 0.3 is 0 Å². The number of methoxy groups -OCH3 is 1. The molecule has 0 aromatic heterocycles. The molecule has 0 radical (unpaired) electrons. The van der Waals surface area contributed by atoms with E-state index in [1.165, 1.54) is 12.1 Å². The maximum absolute atomic E-state index is 12.9. The monoisotopic (exact) mass is 385 g/mol. The van der Waals surface area contributed by atoms with E-state index < -0.39 is 0 Å². The molecule has 28 heavy (non-hydrogen) atoms. The maximum atomic E-state index is 12.9. The second-order valence-corrected chi connectivity index (χ2v) is 7.07. The first-order valence-electron chi connectivity index (χ1n) is 9.72. The highest BCUT2D eigenvalue weighted by atomic mass is 19.1. The van der Waals surface area contributed by atoms with Crippen LogP contribution in [0.2, 0.25) is 0 Å². The lowest BCUT2D eigenvalue weighted by molar-refractivity contribution is -0.125. The third-order valence-corrected chi connectivity index (χ3v) is 5.29. The van der Waals surface area contributed by atoms with Crippen molar-refractivity contribution < 1.29 is 13.9 Å². The lowest BCUT2D eigenvalue weighted by Gasteiger charge is -2.38. The predicted octanol–water partition coefficient (Wildman–Crippen LogP) is 2.70. The second kappa shape index (κ2) is 9.55. The number of rotatable bonds is 7. The van der Waals surface area contributed by atoms with Crippen molar-refractivity contribution in [2.75, 3.05) is 44.7 Å². The maximum Gasteiger partial charge on any atom is 0.237 e. The predicted molar refractivity (Wildman–Crippen MR) is 109 cm³/mol. The summed E-state index contributed by atoms with van der Waals surface area (Å²) in [6.07, 6.45) is 0.697. The summed E-state index contributed by atoms with van der Waals surface area (Å²) >= 11 is 0. The Bertz CT molecular complexity index is 774. The molecule has 1 heterocycles. The van der Waals surface area contributed by atoms with E-state index in [4.69, 9.17) is 4.74 Å². The highest BCUT2D eigenvalue weighted by Crippen LogP contribution is 2.22. The van der Waals surface area contributed by atoms with Crippen molar-refractivity contribution in [2.24, 2.45) is 0 Å². The molecular formula is C22H28FN3O2. The van der Waals surface area contributed by atoms with E-state index in [1.807, 2.05) is 25.1 Å². The van der Waals surface area contributed by atoms with Crippen LogP contribution in [-0.4, -0.2) is 56.7 Å². The Hall–Kier alpha value is -2.60. The van der Waals surface area contributed by atoms with Crippen LogP contribution in [0.5, 0.6) is 5.75 Å². The van der Waals surface area contributed by atoms with E-state index in [0.29, 0.717) is 13.0 Å². The van der Waals surface area contributed by atoms with Crippen LogP contribution in [0.1, 0.15) is 12.5 Å². The number of piperazine rings is 1. The molecule has 1 atom stereocenters. The summed E-state index contributed by atoms with van der Waals surface area (Å²) in [6, 6.07) is 14.3. The van der Waals surface area contributed by atoms with E-state index in [1.54, 1.807) is 19.2 Å². The van der Waals surface area contributed by atoms with Crippen molar-refractivity contribution in [2.45, 2.75) is 19.4 Å². The van der Waals surface area contributed by atoms with Crippen LogP contribution in [0.15, 0.2) is 48.5 Å². The van der Waals surface area contributed by atoms with Crippen LogP contribution in [-0.2, 0) is 11.2 Å². The van der Waals surface area contributed by atoms with Gasteiger partial charge in [-0.05, 0) is 43.2 Å². The number of hydrogen-bond acceptors (Lipinski definition) is 4. The Morgan fingerprint density at radius 3 is 2.54 bits per heavy atom. The van der Waals surface area contributed by atoms with Crippen LogP contribution in [0.25, 0.3) is 0 Å². The molecule has 0 aliphatic carbocycles. The van der Waals surface area contributed by atoms with Crippen molar-refractivity contribution >= 4 is 11.6 Å². The number of nitrogens with zero attached hydrogens (tertiary/aromatic N) is 2. The minimum absolute atomic E-state index is 0.0388. The quantitative estimate of drug-likeness (QED) is 0.796. The van der Waals surface area contributed by atoms with Gasteiger partial charge in [0.15, 0.2) is 0 Å². The lowest BCUT2D eigenvalue weighted by Crippen LogP contribution is -2.54. The molecule has 5 nitrogen and oxygen atoms in total. The highest BCUT2D eigenvalue weighted by molar-refractivity contribution is 5.81. The first-order chi connectivity index (χ1) is 13.6. The topological polar surface area (TPSA) is 44.8 Å². The summed E-state index contributed by atoms with van der Waals surface area (Å²) in [5.74, 6) is 0.653. The molecule has 6 heteroatoms. The number of amides is 1. The number of nitrogens with one attached hydrogen (secondary N) is 1. The molecule has 1 fully saturated rings. The number of anilines is 1. The number of carbonyl (C=O) groups excluding carboxylic acids is 1. The molecule has 0 unspecified atom stereocenters. The van der Waals surface area contributed by atoms with Crippen LogP contribution >= 0.6 is 0 Å². The molecule has 1 N–H and O–H groups in total. The van der Waals surface area contributed by atoms with Crippen molar-refractivity contribution in [1.82, 2.24) is 10.2 Å². The standard InChI is InChI=1S/C22H28FN3O2/c1-17(22(27)24-11-10-18-6-8-19(23)9-7-18)25-12-14-26(15-13-25)20-4-3-5-21(16-20)28-2/h3-9,16-17H,10-15H2,1-2H3,(H,24,27)/t17-/m1/s1.